The molecule has 0 radical (unpaired) electrons. The average molecular weight is 765 g/mol. The minimum absolute atomic E-state index is 0.170. The molecule has 21 nitrogen and oxygen atoms in total. The molecule has 0 amide bonds. The molecule has 4 N–H and O–H groups in total. The Morgan fingerprint density at radius 2 is 1.47 bits per heavy atom. The highest BCUT2D eigenvalue weighted by Crippen LogP contribution is 2.31. The molecule has 0 saturated carbocycles. The van der Waals surface area contributed by atoms with Crippen LogP contribution in [0.15, 0.2) is 66.7 Å². The van der Waals surface area contributed by atoms with Crippen LogP contribution >= 0.6 is 11.6 Å². The number of rotatable bonds is 14. The number of carboxylic acid groups (broad SMARTS) is 2. The van der Waals surface area contributed by atoms with Gasteiger partial charge in [0.1, 0.15) is 19.0 Å². The molecule has 0 spiro atoms. The average Bonchev–Trinajstić information content (AvgIpc) is 3.36. The molecule has 0 aliphatic carbocycles. The summed E-state index contributed by atoms with van der Waals surface area (Å²) < 4.78 is 6.77. The van der Waals surface area contributed by atoms with Gasteiger partial charge in [-0.05, 0) is 78.7 Å². The molecule has 0 unspecified atom stereocenters. The van der Waals surface area contributed by atoms with Gasteiger partial charge < -0.3 is 39.7 Å². The van der Waals surface area contributed by atoms with Crippen LogP contribution in [0.5, 0.6) is 17.2 Å². The summed E-state index contributed by atoms with van der Waals surface area (Å²) in [4.78, 5) is 74.9. The first-order valence-electron chi connectivity index (χ1n) is 14.4. The molecule has 4 rings (SSSR count). The highest BCUT2D eigenvalue weighted by atomic mass is 35.5. The second kappa shape index (κ2) is 19.9. The predicted molar refractivity (Wildman–Crippen MR) is 180 cm³/mol. The first kappa shape index (κ1) is 42.0. The zero-order valence-electron chi connectivity index (χ0n) is 27.4. The Hall–Kier alpha value is -7.16. The van der Waals surface area contributed by atoms with Crippen molar-refractivity contribution in [1.82, 2.24) is 4.57 Å². The minimum atomic E-state index is -1.55. The Balaban J connectivity index is 0.000000298. The first-order chi connectivity index (χ1) is 24.9. The van der Waals surface area contributed by atoms with Crippen LogP contribution in [0.2, 0.25) is 5.02 Å². The Kier molecular flexibility index (Phi) is 15.8. The standard InChI is InChI=1S/C19H16ClNO4.C9H8O4.C3H5N3O9/c1-11-15(10-18(22)23)16-9-14(25-2)7-8-17(16)21(11)19(24)12-3-5-13(20)6-4-12;10-7-3-1-6(5-8(7)11)2-4-9(12)13;7-4(8)13-1-3(15-6(11)12)2-14-5(9)10/h3-9H,10H2,1-2H3,(H,22,23);1-5,10-11H,(H,12,13);3H,1-2H2/b;4-2+;. The molecule has 0 atom stereocenters. The van der Waals surface area contributed by atoms with Gasteiger partial charge in [0.15, 0.2) is 17.6 Å². The summed E-state index contributed by atoms with van der Waals surface area (Å²) >= 11 is 5.89. The fraction of sp³-hybridized carbons (Fsp3) is 0.194. The quantitative estimate of drug-likeness (QED) is 0.0607. The van der Waals surface area contributed by atoms with Gasteiger partial charge >= 0.3 is 11.9 Å². The van der Waals surface area contributed by atoms with Crippen molar-refractivity contribution in [3.63, 3.8) is 0 Å². The van der Waals surface area contributed by atoms with Gasteiger partial charge in [-0.25, -0.2) is 4.79 Å². The number of hydrogen-bond donors (Lipinski definition) is 4. The third-order valence-corrected chi connectivity index (χ3v) is 6.80. The highest BCUT2D eigenvalue weighted by molar-refractivity contribution is 6.30. The maximum absolute atomic E-state index is 13.0. The monoisotopic (exact) mass is 764 g/mol. The summed E-state index contributed by atoms with van der Waals surface area (Å²) in [5, 5.41) is 62.3. The number of aliphatic carboxylic acids is 2. The molecule has 282 valence electrons. The molecule has 0 fully saturated rings. The fourth-order valence-electron chi connectivity index (χ4n) is 4.28. The Morgan fingerprint density at radius 3 is 1.96 bits per heavy atom. The number of halogens is 1. The molecule has 22 heteroatoms. The molecule has 0 aliphatic heterocycles. The lowest BCUT2D eigenvalue weighted by Crippen LogP contribution is -2.30. The molecule has 53 heavy (non-hydrogen) atoms. The minimum Gasteiger partial charge on any atom is -0.504 e. The molecule has 4 aromatic rings. The van der Waals surface area contributed by atoms with E-state index in [1.807, 2.05) is 0 Å². The summed E-state index contributed by atoms with van der Waals surface area (Å²) in [6, 6.07) is 15.9. The number of hydrogen-bond acceptors (Lipinski definition) is 15. The van der Waals surface area contributed by atoms with E-state index in [1.165, 1.54) is 28.8 Å². The number of phenols is 2. The lowest BCUT2D eigenvalue weighted by atomic mass is 10.1. The van der Waals surface area contributed by atoms with E-state index in [9.17, 15) is 49.8 Å². The van der Waals surface area contributed by atoms with E-state index in [0.717, 1.165) is 6.08 Å². The largest absolute Gasteiger partial charge is 0.504 e. The van der Waals surface area contributed by atoms with Crippen molar-refractivity contribution in [2.45, 2.75) is 19.4 Å². The Labute approximate surface area is 301 Å². The van der Waals surface area contributed by atoms with Crippen LogP contribution in [0.25, 0.3) is 17.0 Å². The lowest BCUT2D eigenvalue weighted by molar-refractivity contribution is -0.803. The van der Waals surface area contributed by atoms with E-state index >= 15 is 0 Å². The number of nitrogens with zero attached hydrogens (tertiary/aromatic N) is 4. The van der Waals surface area contributed by atoms with Crippen LogP contribution in [0, 0.1) is 37.3 Å². The molecule has 1 aromatic heterocycles. The SMILES string of the molecule is COc1ccc2c(c1)c(CC(=O)O)c(C)n2C(=O)c1ccc(Cl)cc1.O=C(O)/C=C/c1ccc(O)c(O)c1.O=[N+]([O-])OCC(CO[N+](=O)[O-])O[N+](=O)[O-]. The number of carbonyl (C=O) groups excluding carboxylic acids is 1. The molecule has 0 aliphatic rings. The van der Waals surface area contributed by atoms with Crippen LogP contribution in [-0.2, 0) is 30.5 Å². The van der Waals surface area contributed by atoms with Gasteiger partial charge in [-0.1, -0.05) is 17.7 Å². The Morgan fingerprint density at radius 1 is 0.868 bits per heavy atom. The third kappa shape index (κ3) is 13.6. The van der Waals surface area contributed by atoms with Crippen molar-refractivity contribution in [3.05, 3.63) is 124 Å². The molecule has 0 saturated heterocycles. The molecular weight excluding hydrogens is 736 g/mol. The van der Waals surface area contributed by atoms with Crippen LogP contribution in [-0.4, -0.2) is 84.5 Å². The van der Waals surface area contributed by atoms with E-state index < -0.39 is 46.5 Å². The second-order valence-electron chi connectivity index (χ2n) is 10.1. The van der Waals surface area contributed by atoms with Crippen molar-refractivity contribution in [1.29, 1.82) is 0 Å². The van der Waals surface area contributed by atoms with Crippen molar-refractivity contribution >= 4 is 46.4 Å². The van der Waals surface area contributed by atoms with Crippen molar-refractivity contribution in [3.8, 4) is 17.2 Å². The van der Waals surface area contributed by atoms with Crippen molar-refractivity contribution in [2.24, 2.45) is 0 Å². The number of carbonyl (C=O) groups is 3. The third-order valence-electron chi connectivity index (χ3n) is 6.55. The van der Waals surface area contributed by atoms with Gasteiger partial charge in [-0.3, -0.25) is 14.2 Å². The number of methoxy groups -OCH3 is 1. The van der Waals surface area contributed by atoms with E-state index in [0.29, 0.717) is 44.1 Å². The summed E-state index contributed by atoms with van der Waals surface area (Å²) in [5.41, 5.74) is 2.84. The first-order valence-corrected chi connectivity index (χ1v) is 14.8. The van der Waals surface area contributed by atoms with Crippen LogP contribution in [0.3, 0.4) is 0 Å². The highest BCUT2D eigenvalue weighted by Gasteiger charge is 2.22. The Bertz CT molecular complexity index is 1980. The van der Waals surface area contributed by atoms with E-state index in [4.69, 9.17) is 31.7 Å². The molecule has 3 aromatic carbocycles. The number of ether oxygens (including phenoxy) is 1. The molecule has 1 heterocycles. The smallest absolute Gasteiger partial charge is 0.328 e. The predicted octanol–water partition coefficient (Wildman–Crippen LogP) is 4.10. The maximum Gasteiger partial charge on any atom is 0.328 e. The molecule has 0 bridgehead atoms. The summed E-state index contributed by atoms with van der Waals surface area (Å²) in [7, 11) is 1.54. The number of aromatic hydroxyl groups is 2. The van der Waals surface area contributed by atoms with Gasteiger partial charge in [0.2, 0.25) is 0 Å². The van der Waals surface area contributed by atoms with Gasteiger partial charge in [0.25, 0.3) is 21.2 Å². The summed E-state index contributed by atoms with van der Waals surface area (Å²) in [6.45, 7) is 0.0577. The van der Waals surface area contributed by atoms with E-state index in [1.54, 1.807) is 56.5 Å². The van der Waals surface area contributed by atoms with Crippen LogP contribution in [0.4, 0.5) is 0 Å². The topological polar surface area (TPSA) is 303 Å². The summed E-state index contributed by atoms with van der Waals surface area (Å²) in [6.07, 6.45) is 0.555. The van der Waals surface area contributed by atoms with Gasteiger partial charge in [0, 0.05) is 27.7 Å². The fourth-order valence-corrected chi connectivity index (χ4v) is 4.40. The zero-order chi connectivity index (χ0) is 39.8. The zero-order valence-corrected chi connectivity index (χ0v) is 28.1. The van der Waals surface area contributed by atoms with Gasteiger partial charge in [0.05, 0.1) is 19.0 Å². The number of fused-ring (bicyclic) bond motifs is 1. The van der Waals surface area contributed by atoms with Crippen LogP contribution < -0.4 is 4.74 Å². The second-order valence-corrected chi connectivity index (χ2v) is 10.5. The van der Waals surface area contributed by atoms with Gasteiger partial charge in [-0.15, -0.1) is 30.3 Å². The number of phenolic OH excluding ortho intramolecular Hbond substituents is 2. The number of benzene rings is 3. The maximum atomic E-state index is 13.0. The number of carboxylic acids is 2. The lowest BCUT2D eigenvalue weighted by Gasteiger charge is -2.11. The van der Waals surface area contributed by atoms with Crippen molar-refractivity contribution in [2.75, 3.05) is 20.3 Å². The number of aromatic nitrogens is 1. The molecular formula is C31H29ClN4O17. The normalized spacial score (nSPS) is 10.3. The van der Waals surface area contributed by atoms with Crippen molar-refractivity contribution < 1.29 is 69.3 Å². The van der Waals surface area contributed by atoms with E-state index in [-0.39, 0.29) is 23.8 Å². The van der Waals surface area contributed by atoms with E-state index in [2.05, 4.69) is 14.5 Å². The van der Waals surface area contributed by atoms with Crippen LogP contribution in [0.1, 0.15) is 27.2 Å². The van der Waals surface area contributed by atoms with Gasteiger partial charge in [-0.2, -0.15) is 0 Å². The summed E-state index contributed by atoms with van der Waals surface area (Å²) in [5.74, 6) is -2.15.